The quantitative estimate of drug-likeness (QED) is 0.469. The van der Waals surface area contributed by atoms with E-state index in [0.29, 0.717) is 15.2 Å². The number of esters is 1. The van der Waals surface area contributed by atoms with Gasteiger partial charge in [-0.25, -0.2) is 22.6 Å². The number of pyridine rings is 1. The number of rotatable bonds is 6. The number of benzene rings is 1. The number of ether oxygens (including phenoxy) is 1. The SMILES string of the molecule is CCOC(=O)c1cnc2scc(Cl)c2c1NCS(=O)(=O)c1ccc(F)cc1. The van der Waals surface area contributed by atoms with Gasteiger partial charge < -0.3 is 10.1 Å². The van der Waals surface area contributed by atoms with Crippen molar-refractivity contribution in [1.29, 1.82) is 0 Å². The van der Waals surface area contributed by atoms with Crippen molar-refractivity contribution in [3.63, 3.8) is 0 Å². The molecule has 0 fully saturated rings. The van der Waals surface area contributed by atoms with E-state index in [1.807, 2.05) is 0 Å². The Morgan fingerprint density at radius 1 is 1.33 bits per heavy atom. The average Bonchev–Trinajstić information content (AvgIpc) is 3.01. The van der Waals surface area contributed by atoms with Crippen molar-refractivity contribution < 1.29 is 22.3 Å². The molecule has 27 heavy (non-hydrogen) atoms. The Balaban J connectivity index is 2.00. The summed E-state index contributed by atoms with van der Waals surface area (Å²) in [5.74, 6) is -1.70. The number of carbonyl (C=O) groups excluding carboxylic acids is 1. The molecule has 2 aromatic heterocycles. The second kappa shape index (κ2) is 7.79. The average molecular weight is 429 g/mol. The van der Waals surface area contributed by atoms with Crippen LogP contribution in [0, 0.1) is 5.82 Å². The normalized spacial score (nSPS) is 11.5. The van der Waals surface area contributed by atoms with Crippen molar-refractivity contribution in [1.82, 2.24) is 4.98 Å². The Kier molecular flexibility index (Phi) is 5.64. The fourth-order valence-electron chi connectivity index (χ4n) is 2.41. The lowest BCUT2D eigenvalue weighted by molar-refractivity contribution is 0.0527. The lowest BCUT2D eigenvalue weighted by Crippen LogP contribution is -2.18. The molecule has 6 nitrogen and oxygen atoms in total. The molecule has 0 aliphatic heterocycles. The highest BCUT2D eigenvalue weighted by Gasteiger charge is 2.22. The highest BCUT2D eigenvalue weighted by atomic mass is 35.5. The number of thiophene rings is 1. The molecule has 3 aromatic rings. The van der Waals surface area contributed by atoms with Gasteiger partial charge in [0.2, 0.25) is 0 Å². The van der Waals surface area contributed by atoms with Gasteiger partial charge >= 0.3 is 5.97 Å². The number of hydrogen-bond acceptors (Lipinski definition) is 7. The van der Waals surface area contributed by atoms with E-state index in [4.69, 9.17) is 16.3 Å². The number of hydrogen-bond donors (Lipinski definition) is 1. The van der Waals surface area contributed by atoms with Crippen LogP contribution in [0.1, 0.15) is 17.3 Å². The lowest BCUT2D eigenvalue weighted by atomic mass is 10.2. The minimum Gasteiger partial charge on any atom is -0.462 e. The van der Waals surface area contributed by atoms with E-state index in [9.17, 15) is 17.6 Å². The molecule has 0 unspecified atom stereocenters. The first-order chi connectivity index (χ1) is 12.8. The highest BCUT2D eigenvalue weighted by molar-refractivity contribution is 7.91. The number of carbonyl (C=O) groups is 1. The van der Waals surface area contributed by atoms with Crippen LogP contribution in [0.15, 0.2) is 40.7 Å². The van der Waals surface area contributed by atoms with E-state index in [1.54, 1.807) is 12.3 Å². The molecule has 2 heterocycles. The Bertz CT molecular complexity index is 1100. The van der Waals surface area contributed by atoms with E-state index in [0.717, 1.165) is 12.1 Å². The highest BCUT2D eigenvalue weighted by Crippen LogP contribution is 2.36. The van der Waals surface area contributed by atoms with E-state index in [1.165, 1.54) is 29.7 Å². The number of aromatic nitrogens is 1. The molecule has 0 aliphatic rings. The van der Waals surface area contributed by atoms with Gasteiger partial charge in [-0.05, 0) is 31.2 Å². The third-order valence-electron chi connectivity index (χ3n) is 3.66. The third kappa shape index (κ3) is 4.05. The molecule has 1 aromatic carbocycles. The number of anilines is 1. The fraction of sp³-hybridized carbons (Fsp3) is 0.176. The van der Waals surface area contributed by atoms with E-state index in [-0.39, 0.29) is 22.8 Å². The largest absolute Gasteiger partial charge is 0.462 e. The molecule has 3 rings (SSSR count). The maximum Gasteiger partial charge on any atom is 0.341 e. The standard InChI is InChI=1S/C17H14ClFN2O4S2/c1-2-25-17(22)12-7-20-16-14(13(18)8-26-16)15(12)21-9-27(23,24)11-5-3-10(19)4-6-11/h3-8H,2,9H2,1H3,(H,20,21). The number of nitrogens with zero attached hydrogens (tertiary/aromatic N) is 1. The molecule has 1 N–H and O–H groups in total. The van der Waals surface area contributed by atoms with Crippen molar-refractivity contribution >= 4 is 54.6 Å². The molecule has 0 atom stereocenters. The summed E-state index contributed by atoms with van der Waals surface area (Å²) in [6.07, 6.45) is 1.32. The number of sulfone groups is 1. The van der Waals surface area contributed by atoms with Crippen molar-refractivity contribution in [2.75, 3.05) is 17.8 Å². The van der Waals surface area contributed by atoms with Gasteiger partial charge in [0.1, 0.15) is 22.1 Å². The van der Waals surface area contributed by atoms with Crippen molar-refractivity contribution in [2.45, 2.75) is 11.8 Å². The molecule has 10 heteroatoms. The van der Waals surface area contributed by atoms with Crippen LogP contribution in [0.3, 0.4) is 0 Å². The van der Waals surface area contributed by atoms with Crippen LogP contribution >= 0.6 is 22.9 Å². The summed E-state index contributed by atoms with van der Waals surface area (Å²) in [6, 6.07) is 4.49. The first kappa shape index (κ1) is 19.5. The van der Waals surface area contributed by atoms with E-state index in [2.05, 4.69) is 10.3 Å². The van der Waals surface area contributed by atoms with Crippen molar-refractivity contribution in [2.24, 2.45) is 0 Å². The second-order valence-corrected chi connectivity index (χ2v) is 8.68. The Labute approximate surface area is 163 Å². The fourth-order valence-corrected chi connectivity index (χ4v) is 4.61. The zero-order valence-electron chi connectivity index (χ0n) is 14.0. The number of fused-ring (bicyclic) bond motifs is 1. The van der Waals surface area contributed by atoms with Crippen molar-refractivity contribution in [3.05, 3.63) is 52.2 Å². The molecule has 0 radical (unpaired) electrons. The van der Waals surface area contributed by atoms with E-state index < -0.39 is 27.5 Å². The predicted octanol–water partition coefficient (Wildman–Crippen LogP) is 4.11. The molecule has 0 bridgehead atoms. The van der Waals surface area contributed by atoms with E-state index >= 15 is 0 Å². The minimum atomic E-state index is -3.78. The number of nitrogens with one attached hydrogen (secondary N) is 1. The van der Waals surface area contributed by atoms with Crippen LogP contribution in [0.2, 0.25) is 5.02 Å². The van der Waals surface area contributed by atoms with Gasteiger partial charge in [-0.1, -0.05) is 11.6 Å². The Morgan fingerprint density at radius 3 is 2.70 bits per heavy atom. The minimum absolute atomic E-state index is 0.0456. The summed E-state index contributed by atoms with van der Waals surface area (Å²) >= 11 is 7.47. The summed E-state index contributed by atoms with van der Waals surface area (Å²) in [7, 11) is -3.78. The molecule has 0 amide bonds. The lowest BCUT2D eigenvalue weighted by Gasteiger charge is -2.13. The molecule has 0 spiro atoms. The van der Waals surface area contributed by atoms with Gasteiger partial charge in [-0.2, -0.15) is 0 Å². The smallest absolute Gasteiger partial charge is 0.341 e. The van der Waals surface area contributed by atoms with Crippen LogP contribution in [-0.4, -0.2) is 31.9 Å². The summed E-state index contributed by atoms with van der Waals surface area (Å²) in [5, 5.41) is 5.21. The molecule has 0 saturated carbocycles. The first-order valence-electron chi connectivity index (χ1n) is 7.78. The summed E-state index contributed by atoms with van der Waals surface area (Å²) in [6.45, 7) is 1.81. The zero-order chi connectivity index (χ0) is 19.6. The summed E-state index contributed by atoms with van der Waals surface area (Å²) in [4.78, 5) is 16.9. The van der Waals surface area contributed by atoms with Crippen LogP contribution in [0.25, 0.3) is 10.2 Å². The monoisotopic (exact) mass is 428 g/mol. The maximum absolute atomic E-state index is 13.0. The van der Waals surface area contributed by atoms with Gasteiger partial charge in [0, 0.05) is 11.6 Å². The van der Waals surface area contributed by atoms with Crippen LogP contribution in [0.4, 0.5) is 10.1 Å². The Morgan fingerprint density at radius 2 is 2.04 bits per heavy atom. The second-order valence-electron chi connectivity index (χ2n) is 5.42. The number of halogens is 2. The van der Waals surface area contributed by atoms with Gasteiger partial charge in [0.25, 0.3) is 0 Å². The van der Waals surface area contributed by atoms with Gasteiger partial charge in [-0.15, -0.1) is 11.3 Å². The summed E-state index contributed by atoms with van der Waals surface area (Å²) in [5.41, 5.74) is 0.314. The van der Waals surface area contributed by atoms with Gasteiger partial charge in [0.05, 0.1) is 27.6 Å². The Hall–Kier alpha value is -2.23. The maximum atomic E-state index is 13.0. The molecular formula is C17H14ClFN2O4S2. The topological polar surface area (TPSA) is 85.4 Å². The van der Waals surface area contributed by atoms with Crippen LogP contribution in [-0.2, 0) is 14.6 Å². The van der Waals surface area contributed by atoms with Gasteiger partial charge in [0.15, 0.2) is 9.84 Å². The third-order valence-corrected chi connectivity index (χ3v) is 6.49. The van der Waals surface area contributed by atoms with Crippen LogP contribution in [0.5, 0.6) is 0 Å². The molecule has 142 valence electrons. The molecule has 0 saturated heterocycles. The van der Waals surface area contributed by atoms with Gasteiger partial charge in [-0.3, -0.25) is 0 Å². The first-order valence-corrected chi connectivity index (χ1v) is 10.7. The van der Waals surface area contributed by atoms with Crippen molar-refractivity contribution in [3.8, 4) is 0 Å². The predicted molar refractivity (Wildman–Crippen MR) is 103 cm³/mol. The summed E-state index contributed by atoms with van der Waals surface area (Å²) < 4.78 is 43.1. The zero-order valence-corrected chi connectivity index (χ0v) is 16.4. The molecule has 0 aliphatic carbocycles. The molecular weight excluding hydrogens is 415 g/mol. The van der Waals surface area contributed by atoms with Crippen LogP contribution < -0.4 is 5.32 Å².